The number of phenols is 1. The van der Waals surface area contributed by atoms with Crippen LogP contribution in [0.15, 0.2) is 12.1 Å². The van der Waals surface area contributed by atoms with E-state index in [1.807, 2.05) is 19.9 Å². The number of benzene rings is 1. The van der Waals surface area contributed by atoms with Gasteiger partial charge in [-0.3, -0.25) is 0 Å². The quantitative estimate of drug-likeness (QED) is 0.687. The molecule has 11 heavy (non-hydrogen) atoms. The standard InChI is InChI=1S/C9H11ClO/c1-3-7-4-5-8(11)6(2)9(7)10/h4-5,11H,3H2,1-2H3. The predicted molar refractivity (Wildman–Crippen MR) is 47.2 cm³/mol. The van der Waals surface area contributed by atoms with Gasteiger partial charge in [0.25, 0.3) is 0 Å². The summed E-state index contributed by atoms with van der Waals surface area (Å²) < 4.78 is 0. The Balaban J connectivity index is 3.25. The van der Waals surface area contributed by atoms with E-state index < -0.39 is 0 Å². The number of rotatable bonds is 1. The second-order valence-corrected chi connectivity index (χ2v) is 2.91. The number of halogens is 1. The van der Waals surface area contributed by atoms with Crippen molar-refractivity contribution in [1.82, 2.24) is 0 Å². The highest BCUT2D eigenvalue weighted by molar-refractivity contribution is 6.32. The van der Waals surface area contributed by atoms with Crippen molar-refractivity contribution in [3.05, 3.63) is 28.3 Å². The molecule has 0 saturated carbocycles. The van der Waals surface area contributed by atoms with Gasteiger partial charge in [-0.1, -0.05) is 24.6 Å². The van der Waals surface area contributed by atoms with Gasteiger partial charge < -0.3 is 5.11 Å². The molecule has 0 fully saturated rings. The molecule has 2 heteroatoms. The highest BCUT2D eigenvalue weighted by Gasteiger charge is 2.04. The molecule has 0 aliphatic heterocycles. The number of aromatic hydroxyl groups is 1. The summed E-state index contributed by atoms with van der Waals surface area (Å²) in [6.45, 7) is 3.86. The summed E-state index contributed by atoms with van der Waals surface area (Å²) in [6, 6.07) is 3.53. The van der Waals surface area contributed by atoms with Crippen molar-refractivity contribution in [3.63, 3.8) is 0 Å². The Hall–Kier alpha value is -0.690. The third-order valence-corrected chi connectivity index (χ3v) is 2.34. The van der Waals surface area contributed by atoms with Gasteiger partial charge >= 0.3 is 0 Å². The third-order valence-electron chi connectivity index (χ3n) is 1.82. The smallest absolute Gasteiger partial charge is 0.119 e. The minimum Gasteiger partial charge on any atom is -0.508 e. The van der Waals surface area contributed by atoms with Crippen LogP contribution < -0.4 is 0 Å². The highest BCUT2D eigenvalue weighted by Crippen LogP contribution is 2.27. The van der Waals surface area contributed by atoms with E-state index in [2.05, 4.69) is 0 Å². The van der Waals surface area contributed by atoms with E-state index in [1.165, 1.54) is 0 Å². The van der Waals surface area contributed by atoms with Gasteiger partial charge in [0.1, 0.15) is 5.75 Å². The van der Waals surface area contributed by atoms with Crippen LogP contribution in [0.5, 0.6) is 5.75 Å². The molecule has 1 rings (SSSR count). The first kappa shape index (κ1) is 8.41. The molecule has 60 valence electrons. The Morgan fingerprint density at radius 2 is 2.09 bits per heavy atom. The van der Waals surface area contributed by atoms with Crippen molar-refractivity contribution in [2.45, 2.75) is 20.3 Å². The van der Waals surface area contributed by atoms with Gasteiger partial charge in [0, 0.05) is 5.56 Å². The maximum absolute atomic E-state index is 9.24. The predicted octanol–water partition coefficient (Wildman–Crippen LogP) is 2.92. The first-order chi connectivity index (χ1) is 5.16. The second-order valence-electron chi connectivity index (χ2n) is 2.54. The molecule has 0 heterocycles. The fraction of sp³-hybridized carbons (Fsp3) is 0.333. The summed E-state index contributed by atoms with van der Waals surface area (Å²) >= 11 is 5.94. The molecule has 0 saturated heterocycles. The molecular weight excluding hydrogens is 160 g/mol. The van der Waals surface area contributed by atoms with E-state index in [-0.39, 0.29) is 5.75 Å². The van der Waals surface area contributed by atoms with E-state index in [0.717, 1.165) is 17.5 Å². The van der Waals surface area contributed by atoms with Gasteiger partial charge in [-0.05, 0) is 25.0 Å². The van der Waals surface area contributed by atoms with E-state index >= 15 is 0 Å². The summed E-state index contributed by atoms with van der Waals surface area (Å²) in [4.78, 5) is 0. The zero-order valence-electron chi connectivity index (χ0n) is 6.69. The molecule has 0 amide bonds. The van der Waals surface area contributed by atoms with Crippen LogP contribution in [-0.2, 0) is 6.42 Å². The topological polar surface area (TPSA) is 20.2 Å². The van der Waals surface area contributed by atoms with Gasteiger partial charge in [-0.15, -0.1) is 0 Å². The van der Waals surface area contributed by atoms with Crippen LogP contribution in [0.3, 0.4) is 0 Å². The van der Waals surface area contributed by atoms with Crippen molar-refractivity contribution in [3.8, 4) is 5.75 Å². The van der Waals surface area contributed by atoms with E-state index in [1.54, 1.807) is 6.07 Å². The molecular formula is C9H11ClO. The SMILES string of the molecule is CCc1ccc(O)c(C)c1Cl. The van der Waals surface area contributed by atoms with Gasteiger partial charge in [-0.25, -0.2) is 0 Å². The second kappa shape index (κ2) is 3.14. The van der Waals surface area contributed by atoms with Crippen molar-refractivity contribution in [2.24, 2.45) is 0 Å². The molecule has 1 nitrogen and oxygen atoms in total. The molecule has 1 aromatic carbocycles. The molecule has 0 aliphatic rings. The van der Waals surface area contributed by atoms with Crippen LogP contribution in [-0.4, -0.2) is 5.11 Å². The zero-order valence-corrected chi connectivity index (χ0v) is 7.44. The van der Waals surface area contributed by atoms with Crippen LogP contribution in [0, 0.1) is 6.92 Å². The molecule has 1 aromatic rings. The van der Waals surface area contributed by atoms with Crippen LogP contribution in [0.4, 0.5) is 0 Å². The first-order valence-electron chi connectivity index (χ1n) is 3.63. The first-order valence-corrected chi connectivity index (χ1v) is 4.01. The maximum Gasteiger partial charge on any atom is 0.119 e. The van der Waals surface area contributed by atoms with Crippen LogP contribution in [0.25, 0.3) is 0 Å². The van der Waals surface area contributed by atoms with E-state index in [0.29, 0.717) is 5.02 Å². The Kier molecular flexibility index (Phi) is 2.40. The van der Waals surface area contributed by atoms with Crippen LogP contribution in [0.1, 0.15) is 18.1 Å². The maximum atomic E-state index is 9.24. The van der Waals surface area contributed by atoms with Crippen molar-refractivity contribution >= 4 is 11.6 Å². The van der Waals surface area contributed by atoms with Gasteiger partial charge in [0.05, 0.1) is 5.02 Å². The number of aryl methyl sites for hydroxylation is 1. The largest absolute Gasteiger partial charge is 0.508 e. The Bertz CT molecular complexity index is 269. The van der Waals surface area contributed by atoms with Crippen molar-refractivity contribution in [2.75, 3.05) is 0 Å². The minimum absolute atomic E-state index is 0.271. The van der Waals surface area contributed by atoms with Crippen LogP contribution >= 0.6 is 11.6 Å². The molecule has 0 aliphatic carbocycles. The van der Waals surface area contributed by atoms with Gasteiger partial charge in [-0.2, -0.15) is 0 Å². The molecule has 0 bridgehead atoms. The Morgan fingerprint density at radius 1 is 1.45 bits per heavy atom. The van der Waals surface area contributed by atoms with Crippen LogP contribution in [0.2, 0.25) is 5.02 Å². The fourth-order valence-corrected chi connectivity index (χ4v) is 1.30. The number of hydrogen-bond acceptors (Lipinski definition) is 1. The zero-order chi connectivity index (χ0) is 8.43. The summed E-state index contributed by atoms with van der Waals surface area (Å²) in [7, 11) is 0. The molecule has 0 radical (unpaired) electrons. The van der Waals surface area contributed by atoms with Crippen molar-refractivity contribution in [1.29, 1.82) is 0 Å². The average molecular weight is 171 g/mol. The van der Waals surface area contributed by atoms with Gasteiger partial charge in [0.15, 0.2) is 0 Å². The monoisotopic (exact) mass is 170 g/mol. The summed E-state index contributed by atoms with van der Waals surface area (Å²) in [5, 5.41) is 9.92. The highest BCUT2D eigenvalue weighted by atomic mass is 35.5. The van der Waals surface area contributed by atoms with E-state index in [9.17, 15) is 5.11 Å². The lowest BCUT2D eigenvalue weighted by molar-refractivity contribution is 0.471. The Labute approximate surface area is 71.6 Å². The lowest BCUT2D eigenvalue weighted by atomic mass is 10.1. The summed E-state index contributed by atoms with van der Waals surface area (Å²) in [5.41, 5.74) is 1.85. The fourth-order valence-electron chi connectivity index (χ4n) is 1.00. The Morgan fingerprint density at radius 3 is 2.64 bits per heavy atom. The van der Waals surface area contributed by atoms with Gasteiger partial charge in [0.2, 0.25) is 0 Å². The minimum atomic E-state index is 0.271. The number of phenolic OH excluding ortho intramolecular Hbond substituents is 1. The molecule has 1 N–H and O–H groups in total. The lowest BCUT2D eigenvalue weighted by Crippen LogP contribution is -1.85. The molecule has 0 aromatic heterocycles. The summed E-state index contributed by atoms with van der Waals surface area (Å²) in [5.74, 6) is 0.271. The normalized spacial score (nSPS) is 10.1. The molecule has 0 spiro atoms. The number of hydrogen-bond donors (Lipinski definition) is 1. The van der Waals surface area contributed by atoms with Crippen molar-refractivity contribution < 1.29 is 5.11 Å². The summed E-state index contributed by atoms with van der Waals surface area (Å²) in [6.07, 6.45) is 0.903. The average Bonchev–Trinajstić information content (AvgIpc) is 2.01. The molecule has 0 unspecified atom stereocenters. The van der Waals surface area contributed by atoms with E-state index in [4.69, 9.17) is 11.6 Å². The molecule has 0 atom stereocenters. The lowest BCUT2D eigenvalue weighted by Gasteiger charge is -2.05. The third kappa shape index (κ3) is 1.48.